The van der Waals surface area contributed by atoms with E-state index in [1.165, 1.54) is 29.0 Å². The predicted octanol–water partition coefficient (Wildman–Crippen LogP) is 5.54. The molecule has 0 radical (unpaired) electrons. The number of anilines is 1. The lowest BCUT2D eigenvalue weighted by molar-refractivity contribution is -0.115. The number of thioether (sulfide) groups is 1. The molecule has 154 valence electrons. The van der Waals surface area contributed by atoms with Crippen LogP contribution in [-0.2, 0) is 23.5 Å². The fourth-order valence-electron chi connectivity index (χ4n) is 2.93. The zero-order valence-electron chi connectivity index (χ0n) is 17.5. The fourth-order valence-corrected chi connectivity index (χ4v) is 4.84. The van der Waals surface area contributed by atoms with Crippen LogP contribution in [0.4, 0.5) is 5.69 Å². The topological polar surface area (TPSA) is 59.8 Å². The molecular formula is C22H28N4OS2. The lowest BCUT2D eigenvalue weighted by Gasteiger charge is -2.08. The number of carbonyl (C=O) groups is 1. The van der Waals surface area contributed by atoms with E-state index in [1.807, 2.05) is 36.6 Å². The number of carbonyl (C=O) groups excluding carboxylic acids is 1. The van der Waals surface area contributed by atoms with Crippen LogP contribution in [0.15, 0.2) is 34.8 Å². The molecule has 0 unspecified atom stereocenters. The summed E-state index contributed by atoms with van der Waals surface area (Å²) in [6.07, 6.45) is 2.62. The van der Waals surface area contributed by atoms with E-state index in [1.54, 1.807) is 11.8 Å². The normalized spacial score (nSPS) is 11.0. The standard InChI is InChI=1S/C22H28N4OS2/c1-5-6-11-26-17(4)16(3)23-22(26)29-14-19-13-28-21(25-19)12-20(27)24-18-9-7-15(2)8-10-18/h7-10,13H,5-6,11-12,14H2,1-4H3,(H,24,27). The monoisotopic (exact) mass is 428 g/mol. The second-order valence-electron chi connectivity index (χ2n) is 7.18. The molecule has 0 spiro atoms. The van der Waals surface area contributed by atoms with Crippen LogP contribution in [0.3, 0.4) is 0 Å². The van der Waals surface area contributed by atoms with E-state index in [0.717, 1.165) is 46.0 Å². The lowest BCUT2D eigenvalue weighted by Crippen LogP contribution is -2.14. The number of rotatable bonds is 9. The Balaban J connectivity index is 1.56. The van der Waals surface area contributed by atoms with Crippen molar-refractivity contribution < 1.29 is 4.79 Å². The van der Waals surface area contributed by atoms with Crippen molar-refractivity contribution in [1.29, 1.82) is 0 Å². The molecule has 0 aliphatic carbocycles. The molecule has 0 saturated heterocycles. The van der Waals surface area contributed by atoms with Crippen LogP contribution in [0.2, 0.25) is 0 Å². The first-order chi connectivity index (χ1) is 14.0. The molecule has 1 aromatic carbocycles. The van der Waals surface area contributed by atoms with Gasteiger partial charge in [-0.15, -0.1) is 11.3 Å². The Morgan fingerprint density at radius 1 is 1.17 bits per heavy atom. The molecule has 0 saturated carbocycles. The number of imidazole rings is 1. The second-order valence-corrected chi connectivity index (χ2v) is 9.07. The quantitative estimate of drug-likeness (QED) is 0.455. The molecule has 7 heteroatoms. The summed E-state index contributed by atoms with van der Waals surface area (Å²) in [5.74, 6) is 0.724. The van der Waals surface area contributed by atoms with Gasteiger partial charge in [0.25, 0.3) is 0 Å². The van der Waals surface area contributed by atoms with Gasteiger partial charge in [-0.3, -0.25) is 4.79 Å². The van der Waals surface area contributed by atoms with Gasteiger partial charge in [-0.1, -0.05) is 42.8 Å². The summed E-state index contributed by atoms with van der Waals surface area (Å²) in [6, 6.07) is 7.81. The Morgan fingerprint density at radius 2 is 1.93 bits per heavy atom. The van der Waals surface area contributed by atoms with Gasteiger partial charge >= 0.3 is 0 Å². The minimum atomic E-state index is -0.0382. The van der Waals surface area contributed by atoms with Crippen LogP contribution >= 0.6 is 23.1 Å². The number of aryl methyl sites for hydroxylation is 2. The van der Waals surface area contributed by atoms with Crippen LogP contribution in [-0.4, -0.2) is 20.4 Å². The zero-order valence-corrected chi connectivity index (χ0v) is 19.1. The van der Waals surface area contributed by atoms with Gasteiger partial charge in [-0.25, -0.2) is 9.97 Å². The number of amides is 1. The number of thiazole rings is 1. The third kappa shape index (κ3) is 5.93. The van der Waals surface area contributed by atoms with Crippen LogP contribution in [0.25, 0.3) is 0 Å². The first-order valence-corrected chi connectivity index (χ1v) is 11.8. The molecule has 1 amide bonds. The number of aromatic nitrogens is 3. The third-order valence-electron chi connectivity index (χ3n) is 4.75. The first kappa shape index (κ1) is 21.6. The Bertz CT molecular complexity index is 960. The van der Waals surface area contributed by atoms with Crippen molar-refractivity contribution in [2.75, 3.05) is 5.32 Å². The van der Waals surface area contributed by atoms with E-state index in [0.29, 0.717) is 6.42 Å². The van der Waals surface area contributed by atoms with Crippen LogP contribution in [0.1, 0.15) is 47.4 Å². The minimum absolute atomic E-state index is 0.0382. The maximum atomic E-state index is 12.3. The number of nitrogens with zero attached hydrogens (tertiary/aromatic N) is 3. The first-order valence-electron chi connectivity index (χ1n) is 9.92. The Morgan fingerprint density at radius 3 is 2.66 bits per heavy atom. The molecule has 0 atom stereocenters. The third-order valence-corrected chi connectivity index (χ3v) is 6.66. The van der Waals surface area contributed by atoms with Crippen molar-refractivity contribution in [2.24, 2.45) is 0 Å². The minimum Gasteiger partial charge on any atom is -0.326 e. The highest BCUT2D eigenvalue weighted by Gasteiger charge is 2.13. The smallest absolute Gasteiger partial charge is 0.231 e. The second kappa shape index (κ2) is 10.1. The van der Waals surface area contributed by atoms with Crippen molar-refractivity contribution in [3.63, 3.8) is 0 Å². The van der Waals surface area contributed by atoms with Crippen LogP contribution < -0.4 is 5.32 Å². The average Bonchev–Trinajstić information content (AvgIpc) is 3.24. The van der Waals surface area contributed by atoms with Crippen molar-refractivity contribution in [1.82, 2.24) is 14.5 Å². The predicted molar refractivity (Wildman–Crippen MR) is 122 cm³/mol. The maximum Gasteiger partial charge on any atom is 0.231 e. The van der Waals surface area contributed by atoms with Gasteiger partial charge in [0, 0.05) is 29.1 Å². The SMILES string of the molecule is CCCCn1c(SCc2csc(CC(=O)Nc3ccc(C)cc3)n2)nc(C)c1C. The van der Waals surface area contributed by atoms with E-state index < -0.39 is 0 Å². The Hall–Kier alpha value is -2.12. The van der Waals surface area contributed by atoms with Gasteiger partial charge in [0.05, 0.1) is 17.8 Å². The molecule has 0 aliphatic heterocycles. The molecule has 29 heavy (non-hydrogen) atoms. The molecular weight excluding hydrogens is 400 g/mol. The van der Waals surface area contributed by atoms with Gasteiger partial charge in [0.1, 0.15) is 5.01 Å². The molecule has 3 rings (SSSR count). The molecule has 0 aliphatic rings. The summed E-state index contributed by atoms with van der Waals surface area (Å²) < 4.78 is 2.31. The summed E-state index contributed by atoms with van der Waals surface area (Å²) in [7, 11) is 0. The van der Waals surface area contributed by atoms with Crippen LogP contribution in [0.5, 0.6) is 0 Å². The molecule has 2 aromatic heterocycles. The van der Waals surface area contributed by atoms with E-state index >= 15 is 0 Å². The zero-order chi connectivity index (χ0) is 20.8. The number of nitrogens with one attached hydrogen (secondary N) is 1. The van der Waals surface area contributed by atoms with Gasteiger partial charge in [-0.05, 0) is 39.3 Å². The largest absolute Gasteiger partial charge is 0.326 e. The highest BCUT2D eigenvalue weighted by atomic mass is 32.2. The lowest BCUT2D eigenvalue weighted by atomic mass is 10.2. The number of hydrogen-bond acceptors (Lipinski definition) is 5. The molecule has 1 N–H and O–H groups in total. The Kier molecular flexibility index (Phi) is 7.50. The van der Waals surface area contributed by atoms with E-state index in [9.17, 15) is 4.79 Å². The summed E-state index contributed by atoms with van der Waals surface area (Å²) in [6.45, 7) is 9.44. The maximum absolute atomic E-state index is 12.3. The number of hydrogen-bond donors (Lipinski definition) is 1. The van der Waals surface area contributed by atoms with Gasteiger partial charge in [0.2, 0.25) is 5.91 Å². The van der Waals surface area contributed by atoms with Crippen LogP contribution in [0, 0.1) is 20.8 Å². The summed E-state index contributed by atoms with van der Waals surface area (Å²) in [5.41, 5.74) is 5.32. The average molecular weight is 429 g/mol. The number of benzene rings is 1. The highest BCUT2D eigenvalue weighted by Crippen LogP contribution is 2.26. The number of unbranched alkanes of at least 4 members (excludes halogenated alkanes) is 1. The van der Waals surface area contributed by atoms with Gasteiger partial charge in [0.15, 0.2) is 5.16 Å². The van der Waals surface area contributed by atoms with Crippen molar-refractivity contribution >= 4 is 34.7 Å². The highest BCUT2D eigenvalue weighted by molar-refractivity contribution is 7.98. The summed E-state index contributed by atoms with van der Waals surface area (Å²) in [5, 5.41) is 6.87. The molecule has 0 fully saturated rings. The molecule has 5 nitrogen and oxygen atoms in total. The van der Waals surface area contributed by atoms with Gasteiger partial charge < -0.3 is 9.88 Å². The molecule has 2 heterocycles. The Labute approximate surface area is 181 Å². The van der Waals surface area contributed by atoms with E-state index in [2.05, 4.69) is 35.6 Å². The van der Waals surface area contributed by atoms with Crippen molar-refractivity contribution in [3.8, 4) is 0 Å². The van der Waals surface area contributed by atoms with Crippen molar-refractivity contribution in [2.45, 2.75) is 64.4 Å². The molecule has 3 aromatic rings. The fraction of sp³-hybridized carbons (Fsp3) is 0.409. The summed E-state index contributed by atoms with van der Waals surface area (Å²) in [4.78, 5) is 21.6. The van der Waals surface area contributed by atoms with Crippen molar-refractivity contribution in [3.05, 3.63) is 57.3 Å². The molecule has 0 bridgehead atoms. The summed E-state index contributed by atoms with van der Waals surface area (Å²) >= 11 is 3.26. The van der Waals surface area contributed by atoms with E-state index in [-0.39, 0.29) is 5.91 Å². The van der Waals surface area contributed by atoms with E-state index in [4.69, 9.17) is 4.98 Å². The van der Waals surface area contributed by atoms with Gasteiger partial charge in [-0.2, -0.15) is 0 Å².